The lowest BCUT2D eigenvalue weighted by molar-refractivity contribution is 1.10. The van der Waals surface area contributed by atoms with Crippen LogP contribution in [0.25, 0.3) is 72.8 Å². The molecule has 2 aromatic heterocycles. The average Bonchev–Trinajstić information content (AvgIpc) is 3.73. The van der Waals surface area contributed by atoms with Gasteiger partial charge in [0.1, 0.15) is 5.82 Å². The molecule has 1 aliphatic rings. The van der Waals surface area contributed by atoms with Crippen LogP contribution in [0.3, 0.4) is 0 Å². The minimum absolute atomic E-state index is 0.709. The fourth-order valence-corrected chi connectivity index (χ4v) is 9.40. The van der Waals surface area contributed by atoms with Crippen LogP contribution >= 0.6 is 10.0 Å². The number of nitrogens with zero attached hydrogens (tertiary/aromatic N) is 4. The third kappa shape index (κ3) is 6.31. The number of benzene rings is 6. The Morgan fingerprint density at radius 3 is 1.87 bits per heavy atom. The second kappa shape index (κ2) is 15.8. The minimum atomic E-state index is -1.17. The molecule has 0 radical (unpaired) electrons. The van der Waals surface area contributed by atoms with Crippen LogP contribution < -0.4 is 0 Å². The van der Waals surface area contributed by atoms with E-state index in [9.17, 15) is 0 Å². The summed E-state index contributed by atoms with van der Waals surface area (Å²) in [5.74, 6) is 1.60. The number of para-hydroxylation sites is 3. The summed E-state index contributed by atoms with van der Waals surface area (Å²) in [6, 6.07) is 51.1. The molecule has 0 aliphatic carbocycles. The van der Waals surface area contributed by atoms with Crippen LogP contribution in [0.5, 0.6) is 0 Å². The predicted molar refractivity (Wildman–Crippen MR) is 226 cm³/mol. The van der Waals surface area contributed by atoms with Crippen LogP contribution in [0.4, 0.5) is 0 Å². The van der Waals surface area contributed by atoms with Crippen molar-refractivity contribution in [1.82, 2.24) is 19.5 Å². The summed E-state index contributed by atoms with van der Waals surface area (Å²) >= 11 is 0. The fraction of sp³-hybridized carbons (Fsp3) is 0.170. The van der Waals surface area contributed by atoms with Crippen LogP contribution in [0.2, 0.25) is 0 Å². The maximum atomic E-state index is 5.40. The Labute approximate surface area is 310 Å². The average molecular weight is 701 g/mol. The van der Waals surface area contributed by atoms with Crippen LogP contribution in [0.15, 0.2) is 155 Å². The van der Waals surface area contributed by atoms with E-state index in [4.69, 9.17) is 15.0 Å². The molecule has 8 aromatic rings. The highest BCUT2D eigenvalue weighted by atomic mass is 32.3. The van der Waals surface area contributed by atoms with Crippen LogP contribution in [0.1, 0.15) is 41.5 Å². The Hall–Kier alpha value is -5.52. The number of rotatable bonds is 4. The summed E-state index contributed by atoms with van der Waals surface area (Å²) in [4.78, 5) is 18.6. The van der Waals surface area contributed by atoms with Crippen molar-refractivity contribution < 1.29 is 0 Å². The Morgan fingerprint density at radius 2 is 1.12 bits per heavy atom. The molecule has 0 unspecified atom stereocenters. The normalized spacial score (nSPS) is 12.6. The topological polar surface area (TPSA) is 43.6 Å². The number of imidazole rings is 1. The molecule has 0 saturated heterocycles. The summed E-state index contributed by atoms with van der Waals surface area (Å²) in [5, 5.41) is 1.07. The van der Waals surface area contributed by atoms with Crippen LogP contribution in [-0.4, -0.2) is 32.0 Å². The van der Waals surface area contributed by atoms with Gasteiger partial charge in [-0.1, -0.05) is 139 Å². The van der Waals surface area contributed by atoms with Gasteiger partial charge in [0.2, 0.25) is 0 Å². The van der Waals surface area contributed by atoms with E-state index in [0.29, 0.717) is 5.82 Å². The Kier molecular flexibility index (Phi) is 11.0. The molecule has 4 nitrogen and oxygen atoms in total. The van der Waals surface area contributed by atoms with Gasteiger partial charge in [-0.25, -0.2) is 15.0 Å². The lowest BCUT2D eigenvalue weighted by Crippen LogP contribution is -1.99. The van der Waals surface area contributed by atoms with Gasteiger partial charge in [-0.15, -0.1) is 0 Å². The lowest BCUT2D eigenvalue weighted by Gasteiger charge is -2.28. The lowest BCUT2D eigenvalue weighted by atomic mass is 9.98. The molecule has 6 aromatic carbocycles. The molecule has 0 N–H and O–H groups in total. The van der Waals surface area contributed by atoms with Crippen molar-refractivity contribution >= 4 is 32.0 Å². The van der Waals surface area contributed by atoms with Gasteiger partial charge in [0.15, 0.2) is 5.82 Å². The zero-order valence-electron chi connectivity index (χ0n) is 31.6. The molecule has 1 aliphatic heterocycles. The summed E-state index contributed by atoms with van der Waals surface area (Å²) in [5.41, 5.74) is 10.6. The second-order valence-corrected chi connectivity index (χ2v) is 15.6. The van der Waals surface area contributed by atoms with E-state index in [0.717, 1.165) is 55.8 Å². The van der Waals surface area contributed by atoms with Gasteiger partial charge in [0.05, 0.1) is 22.2 Å². The van der Waals surface area contributed by atoms with Crippen molar-refractivity contribution in [3.63, 3.8) is 0 Å². The third-order valence-electron chi connectivity index (χ3n) is 9.09. The van der Waals surface area contributed by atoms with Crippen molar-refractivity contribution in [2.45, 2.75) is 51.3 Å². The first-order valence-corrected chi connectivity index (χ1v) is 20.9. The van der Waals surface area contributed by atoms with E-state index in [1.165, 1.54) is 20.9 Å². The predicted octanol–water partition coefficient (Wildman–Crippen LogP) is 13.5. The van der Waals surface area contributed by atoms with Gasteiger partial charge in [0, 0.05) is 43.1 Å². The molecular formula is C47H48N4S. The van der Waals surface area contributed by atoms with Crippen molar-refractivity contribution in [2.24, 2.45) is 0 Å². The molecule has 0 saturated carbocycles. The standard InChI is InChI=1S/C41H30N4S.3C2H6/c1-46(2)35-23-12-9-20-31(35)37-36(46)25-24-32-38(27-14-5-3-6-15-27)43-40(44-39(32)37)28-16-13-17-29(26-28)41-42-33-21-10-11-22-34(33)45(41)30-18-7-4-8-19-30;3*1-2/h3-26H,1-2H3;3*1-2H3. The van der Waals surface area contributed by atoms with E-state index in [2.05, 4.69) is 151 Å². The van der Waals surface area contributed by atoms with Crippen LogP contribution in [-0.2, 0) is 0 Å². The molecular weight excluding hydrogens is 653 g/mol. The molecule has 0 amide bonds. The molecule has 0 atom stereocenters. The zero-order valence-corrected chi connectivity index (χ0v) is 32.4. The van der Waals surface area contributed by atoms with E-state index < -0.39 is 10.0 Å². The highest BCUT2D eigenvalue weighted by molar-refractivity contribution is 8.33. The van der Waals surface area contributed by atoms with E-state index in [-0.39, 0.29) is 0 Å². The monoisotopic (exact) mass is 700 g/mol. The summed E-state index contributed by atoms with van der Waals surface area (Å²) in [7, 11) is -1.17. The highest BCUT2D eigenvalue weighted by Gasteiger charge is 2.34. The Bertz CT molecular complexity index is 2450. The Balaban J connectivity index is 0.000000738. The van der Waals surface area contributed by atoms with Gasteiger partial charge >= 0.3 is 0 Å². The maximum absolute atomic E-state index is 5.40. The molecule has 5 heteroatoms. The molecule has 0 spiro atoms. The quantitative estimate of drug-likeness (QED) is 0.184. The maximum Gasteiger partial charge on any atom is 0.160 e. The van der Waals surface area contributed by atoms with E-state index >= 15 is 0 Å². The van der Waals surface area contributed by atoms with Crippen molar-refractivity contribution in [3.05, 3.63) is 146 Å². The molecule has 0 bridgehead atoms. The van der Waals surface area contributed by atoms with Gasteiger partial charge in [-0.3, -0.25) is 4.57 Å². The van der Waals surface area contributed by atoms with Gasteiger partial charge in [0.25, 0.3) is 0 Å². The molecule has 0 fully saturated rings. The first kappa shape index (κ1) is 36.3. The van der Waals surface area contributed by atoms with Crippen molar-refractivity contribution in [1.29, 1.82) is 0 Å². The number of aromatic nitrogens is 4. The van der Waals surface area contributed by atoms with Crippen molar-refractivity contribution in [2.75, 3.05) is 12.5 Å². The smallest absolute Gasteiger partial charge is 0.160 e. The number of fused-ring (bicyclic) bond motifs is 6. The van der Waals surface area contributed by atoms with E-state index in [1.807, 2.05) is 53.7 Å². The van der Waals surface area contributed by atoms with Gasteiger partial charge < -0.3 is 0 Å². The third-order valence-corrected chi connectivity index (χ3v) is 12.0. The second-order valence-electron chi connectivity index (χ2n) is 12.1. The summed E-state index contributed by atoms with van der Waals surface area (Å²) in [6.07, 6.45) is 4.79. The van der Waals surface area contributed by atoms with Crippen LogP contribution in [0, 0.1) is 0 Å². The van der Waals surface area contributed by atoms with Crippen molar-refractivity contribution in [3.8, 4) is 50.8 Å². The Morgan fingerprint density at radius 1 is 0.500 bits per heavy atom. The minimum Gasteiger partial charge on any atom is -0.292 e. The molecule has 3 heterocycles. The molecule has 262 valence electrons. The number of hydrogen-bond acceptors (Lipinski definition) is 3. The first-order chi connectivity index (χ1) is 25.6. The highest BCUT2D eigenvalue weighted by Crippen LogP contribution is 2.68. The first-order valence-electron chi connectivity index (χ1n) is 18.4. The fourth-order valence-electron chi connectivity index (χ4n) is 6.90. The molecule has 52 heavy (non-hydrogen) atoms. The number of hydrogen-bond donors (Lipinski definition) is 0. The summed E-state index contributed by atoms with van der Waals surface area (Å²) < 4.78 is 2.24. The van der Waals surface area contributed by atoms with Gasteiger partial charge in [-0.05, 0) is 66.6 Å². The summed E-state index contributed by atoms with van der Waals surface area (Å²) in [6.45, 7) is 12.0. The molecule has 9 rings (SSSR count). The SMILES string of the molecule is CC.CC.CC.CS1(C)c2ccccc2-c2c1ccc1c(-c3ccccc3)nc(-c3cccc(-c4nc5ccccc5n4-c4ccccc4)c3)nc21. The van der Waals surface area contributed by atoms with Gasteiger partial charge in [-0.2, -0.15) is 10.0 Å². The largest absolute Gasteiger partial charge is 0.292 e. The zero-order chi connectivity index (χ0) is 36.8. The van der Waals surface area contributed by atoms with E-state index in [1.54, 1.807) is 0 Å².